The molecule has 1 saturated heterocycles. The zero-order valence-electron chi connectivity index (χ0n) is 18.2. The van der Waals surface area contributed by atoms with Crippen LogP contribution in [0.25, 0.3) is 0 Å². The van der Waals surface area contributed by atoms with Crippen molar-refractivity contribution >= 4 is 23.6 Å². The number of carbonyl (C=O) groups is 1. The molecule has 0 saturated carbocycles. The topological polar surface area (TPSA) is 71.2 Å². The molecule has 0 aromatic carbocycles. The van der Waals surface area contributed by atoms with Crippen LogP contribution in [0.1, 0.15) is 32.2 Å². The van der Waals surface area contributed by atoms with E-state index >= 15 is 0 Å². The summed E-state index contributed by atoms with van der Waals surface area (Å²) in [6.07, 6.45) is 2.14. The van der Waals surface area contributed by atoms with Crippen LogP contribution < -0.4 is 0 Å². The summed E-state index contributed by atoms with van der Waals surface area (Å²) in [4.78, 5) is 22.5. The van der Waals surface area contributed by atoms with Crippen molar-refractivity contribution in [1.82, 2.24) is 15.0 Å². The van der Waals surface area contributed by atoms with E-state index in [1.54, 1.807) is 11.8 Å². The van der Waals surface area contributed by atoms with Gasteiger partial charge in [-0.1, -0.05) is 43.4 Å². The number of fused-ring (bicyclic) bond motifs is 1. The molecule has 3 rings (SSSR count). The standard InChI is InChI=1S/C22H30N4O3S/c1-6-28-22(27)19-12-23-21(17(5)30-10-7-15(2)3)26-9-8-25(14-20(19)26)13-18-11-16(4)29-24-18/h7,10-11,15H,5-6,8-9,12-14H2,1-4H3/b10-7-. The first-order chi connectivity index (χ1) is 14.4. The lowest BCUT2D eigenvalue weighted by Gasteiger charge is -2.41. The van der Waals surface area contributed by atoms with Gasteiger partial charge in [-0.2, -0.15) is 0 Å². The Hall–Kier alpha value is -2.32. The highest BCUT2D eigenvalue weighted by Crippen LogP contribution is 2.30. The molecule has 1 aromatic heterocycles. The Morgan fingerprint density at radius 2 is 2.23 bits per heavy atom. The minimum absolute atomic E-state index is 0.294. The molecule has 162 valence electrons. The lowest BCUT2D eigenvalue weighted by molar-refractivity contribution is -0.138. The second-order valence-electron chi connectivity index (χ2n) is 7.69. The average Bonchev–Trinajstić information content (AvgIpc) is 3.11. The molecule has 1 aromatic rings. The molecule has 0 amide bonds. The van der Waals surface area contributed by atoms with Gasteiger partial charge >= 0.3 is 5.97 Å². The van der Waals surface area contributed by atoms with E-state index in [0.29, 0.717) is 37.7 Å². The van der Waals surface area contributed by atoms with Crippen molar-refractivity contribution in [3.63, 3.8) is 0 Å². The fourth-order valence-corrected chi connectivity index (χ4v) is 4.24. The molecule has 0 atom stereocenters. The van der Waals surface area contributed by atoms with E-state index in [2.05, 4.69) is 46.9 Å². The Morgan fingerprint density at radius 1 is 1.43 bits per heavy atom. The summed E-state index contributed by atoms with van der Waals surface area (Å²) in [5.41, 5.74) is 2.46. The predicted molar refractivity (Wildman–Crippen MR) is 120 cm³/mol. The van der Waals surface area contributed by atoms with Gasteiger partial charge in [-0.3, -0.25) is 9.89 Å². The molecule has 2 aliphatic heterocycles. The number of hydrogen-bond acceptors (Lipinski definition) is 8. The molecule has 0 aliphatic carbocycles. The number of aromatic nitrogens is 1. The monoisotopic (exact) mass is 430 g/mol. The van der Waals surface area contributed by atoms with E-state index in [0.717, 1.165) is 41.0 Å². The summed E-state index contributed by atoms with van der Waals surface area (Å²) >= 11 is 1.57. The van der Waals surface area contributed by atoms with Crippen LogP contribution in [0.2, 0.25) is 0 Å². The zero-order chi connectivity index (χ0) is 21.7. The molecule has 2 aliphatic rings. The smallest absolute Gasteiger partial charge is 0.337 e. The van der Waals surface area contributed by atoms with Crippen molar-refractivity contribution in [1.29, 1.82) is 0 Å². The third-order valence-corrected chi connectivity index (χ3v) is 5.60. The number of carbonyl (C=O) groups excluding carboxylic acids is 1. The maximum atomic E-state index is 12.6. The second kappa shape index (κ2) is 10.1. The predicted octanol–water partition coefficient (Wildman–Crippen LogP) is 3.75. The van der Waals surface area contributed by atoms with Crippen LogP contribution in [-0.2, 0) is 16.1 Å². The van der Waals surface area contributed by atoms with E-state index < -0.39 is 0 Å². The number of esters is 1. The third-order valence-electron chi connectivity index (χ3n) is 4.84. The van der Waals surface area contributed by atoms with Crippen molar-refractivity contribution in [3.05, 3.63) is 51.8 Å². The fraction of sp³-hybridized carbons (Fsp3) is 0.500. The summed E-state index contributed by atoms with van der Waals surface area (Å²) in [7, 11) is 0. The Labute approximate surface area is 182 Å². The Bertz CT molecular complexity index is 885. The largest absolute Gasteiger partial charge is 0.463 e. The van der Waals surface area contributed by atoms with Gasteiger partial charge < -0.3 is 14.2 Å². The first-order valence-electron chi connectivity index (χ1n) is 10.3. The van der Waals surface area contributed by atoms with Gasteiger partial charge in [-0.05, 0) is 25.2 Å². The number of aryl methyl sites for hydroxylation is 1. The maximum absolute atomic E-state index is 12.6. The minimum atomic E-state index is -0.294. The summed E-state index contributed by atoms with van der Waals surface area (Å²) in [6, 6.07) is 1.94. The number of thioether (sulfide) groups is 1. The van der Waals surface area contributed by atoms with E-state index in [1.807, 2.05) is 19.9 Å². The molecule has 0 bridgehead atoms. The van der Waals surface area contributed by atoms with E-state index in [9.17, 15) is 4.79 Å². The number of rotatable bonds is 8. The molecular formula is C22H30N4O3S. The Morgan fingerprint density at radius 3 is 2.90 bits per heavy atom. The molecule has 30 heavy (non-hydrogen) atoms. The van der Waals surface area contributed by atoms with Crippen LogP contribution in [0.4, 0.5) is 0 Å². The van der Waals surface area contributed by atoms with Gasteiger partial charge in [0.2, 0.25) is 0 Å². The van der Waals surface area contributed by atoms with Crippen molar-refractivity contribution in [3.8, 4) is 0 Å². The molecule has 3 heterocycles. The summed E-state index contributed by atoms with van der Waals surface area (Å²) in [5.74, 6) is 1.82. The molecule has 0 spiro atoms. The van der Waals surface area contributed by atoms with Gasteiger partial charge in [0.05, 0.1) is 24.4 Å². The first kappa shape index (κ1) is 22.4. The van der Waals surface area contributed by atoms with Crippen LogP contribution in [0.3, 0.4) is 0 Å². The van der Waals surface area contributed by atoms with Crippen LogP contribution in [-0.4, -0.2) is 59.5 Å². The Balaban J connectivity index is 1.79. The second-order valence-corrected chi connectivity index (χ2v) is 8.69. The number of nitrogens with zero attached hydrogens (tertiary/aromatic N) is 4. The highest BCUT2D eigenvalue weighted by Gasteiger charge is 2.33. The number of aliphatic imine (C=N–C) groups is 1. The number of amidine groups is 1. The minimum Gasteiger partial charge on any atom is -0.463 e. The number of allylic oxidation sites excluding steroid dienone is 1. The zero-order valence-corrected chi connectivity index (χ0v) is 19.0. The molecule has 1 fully saturated rings. The van der Waals surface area contributed by atoms with Crippen LogP contribution in [0.5, 0.6) is 0 Å². The highest BCUT2D eigenvalue weighted by molar-refractivity contribution is 8.06. The van der Waals surface area contributed by atoms with Crippen LogP contribution >= 0.6 is 11.8 Å². The van der Waals surface area contributed by atoms with Crippen LogP contribution in [0.15, 0.2) is 49.8 Å². The first-order valence-corrected chi connectivity index (χ1v) is 11.1. The SMILES string of the molecule is C=C(S/C=C\C(C)C)C1=NCC(C(=O)OCC)=C2CN(Cc3cc(C)on3)CCN12. The van der Waals surface area contributed by atoms with Gasteiger partial charge in [-0.15, -0.1) is 0 Å². The number of ether oxygens (including phenoxy) is 1. The molecule has 0 radical (unpaired) electrons. The highest BCUT2D eigenvalue weighted by atomic mass is 32.2. The number of piperazine rings is 1. The summed E-state index contributed by atoms with van der Waals surface area (Å²) < 4.78 is 10.5. The average molecular weight is 431 g/mol. The van der Waals surface area contributed by atoms with Gasteiger partial charge in [0.25, 0.3) is 0 Å². The lowest BCUT2D eigenvalue weighted by atomic mass is 10.1. The quantitative estimate of drug-likeness (QED) is 0.582. The molecule has 7 nitrogen and oxygen atoms in total. The van der Waals surface area contributed by atoms with E-state index in [-0.39, 0.29) is 5.97 Å². The van der Waals surface area contributed by atoms with Crippen molar-refractivity contribution in [2.75, 3.05) is 32.8 Å². The Kier molecular flexibility index (Phi) is 7.55. The van der Waals surface area contributed by atoms with Gasteiger partial charge in [0.1, 0.15) is 11.6 Å². The van der Waals surface area contributed by atoms with E-state index in [4.69, 9.17) is 14.3 Å². The summed E-state index contributed by atoms with van der Waals surface area (Å²) in [6.45, 7) is 15.7. The molecule has 0 N–H and O–H groups in total. The van der Waals surface area contributed by atoms with Crippen molar-refractivity contribution in [2.24, 2.45) is 10.9 Å². The van der Waals surface area contributed by atoms with Crippen LogP contribution in [0, 0.1) is 12.8 Å². The third kappa shape index (κ3) is 5.43. The molecular weight excluding hydrogens is 400 g/mol. The maximum Gasteiger partial charge on any atom is 0.337 e. The van der Waals surface area contributed by atoms with Gasteiger partial charge in [0.15, 0.2) is 0 Å². The summed E-state index contributed by atoms with van der Waals surface area (Å²) in [5, 5.41) is 6.16. The fourth-order valence-electron chi connectivity index (χ4n) is 3.40. The van der Waals surface area contributed by atoms with Crippen molar-refractivity contribution in [2.45, 2.75) is 34.2 Å². The molecule has 8 heteroatoms. The number of hydrogen-bond donors (Lipinski definition) is 0. The van der Waals surface area contributed by atoms with Gasteiger partial charge in [0, 0.05) is 42.8 Å². The van der Waals surface area contributed by atoms with Crippen molar-refractivity contribution < 1.29 is 14.1 Å². The van der Waals surface area contributed by atoms with Gasteiger partial charge in [-0.25, -0.2) is 4.79 Å². The normalized spacial score (nSPS) is 17.5. The van der Waals surface area contributed by atoms with E-state index in [1.165, 1.54) is 0 Å². The molecule has 0 unspecified atom stereocenters. The lowest BCUT2D eigenvalue weighted by Crippen LogP contribution is -2.49.